The van der Waals surface area contributed by atoms with Crippen LogP contribution in [0.25, 0.3) is 0 Å². The summed E-state index contributed by atoms with van der Waals surface area (Å²) in [5.74, 6) is 1.63. The topological polar surface area (TPSA) is 39.1 Å². The Morgan fingerprint density at radius 3 is 2.55 bits per heavy atom. The number of hydrogen-bond donors (Lipinski definition) is 1. The van der Waals surface area contributed by atoms with Crippen molar-refractivity contribution in [3.8, 4) is 11.5 Å². The Balaban J connectivity index is 2.02. The van der Waals surface area contributed by atoms with Crippen LogP contribution in [0.15, 0.2) is 36.7 Å². The Labute approximate surface area is 120 Å². The SMILES string of the molecule is CCCn1cc(Oc2ccc(C(CC)NC)cc2)cn1. The lowest BCUT2D eigenvalue weighted by Crippen LogP contribution is -2.14. The maximum absolute atomic E-state index is 5.80. The summed E-state index contributed by atoms with van der Waals surface area (Å²) < 4.78 is 7.70. The van der Waals surface area contributed by atoms with Crippen LogP contribution in [0.5, 0.6) is 11.5 Å². The summed E-state index contributed by atoms with van der Waals surface area (Å²) in [4.78, 5) is 0. The van der Waals surface area contributed by atoms with Crippen LogP contribution in [-0.2, 0) is 6.54 Å². The molecule has 1 atom stereocenters. The molecule has 4 nitrogen and oxygen atoms in total. The van der Waals surface area contributed by atoms with E-state index < -0.39 is 0 Å². The number of aromatic nitrogens is 2. The van der Waals surface area contributed by atoms with E-state index in [1.54, 1.807) is 6.20 Å². The number of benzene rings is 1. The van der Waals surface area contributed by atoms with Gasteiger partial charge in [0.1, 0.15) is 5.75 Å². The molecule has 0 radical (unpaired) electrons. The molecule has 0 aliphatic heterocycles. The van der Waals surface area contributed by atoms with Crippen molar-refractivity contribution in [2.75, 3.05) is 7.05 Å². The van der Waals surface area contributed by atoms with Gasteiger partial charge in [0.05, 0.1) is 12.4 Å². The van der Waals surface area contributed by atoms with Crippen LogP contribution in [-0.4, -0.2) is 16.8 Å². The van der Waals surface area contributed by atoms with Crippen LogP contribution in [0.2, 0.25) is 0 Å². The quantitative estimate of drug-likeness (QED) is 0.835. The Kier molecular flexibility index (Phi) is 5.18. The van der Waals surface area contributed by atoms with Gasteiger partial charge < -0.3 is 10.1 Å². The summed E-state index contributed by atoms with van der Waals surface area (Å²) in [6.07, 6.45) is 5.82. The van der Waals surface area contributed by atoms with Crippen LogP contribution in [0.3, 0.4) is 0 Å². The van der Waals surface area contributed by atoms with Gasteiger partial charge in [0, 0.05) is 12.6 Å². The van der Waals surface area contributed by atoms with Crippen LogP contribution in [0.4, 0.5) is 0 Å². The maximum Gasteiger partial charge on any atom is 0.165 e. The van der Waals surface area contributed by atoms with Crippen molar-refractivity contribution in [2.24, 2.45) is 0 Å². The lowest BCUT2D eigenvalue weighted by Gasteiger charge is -2.14. The molecule has 2 rings (SSSR count). The van der Waals surface area contributed by atoms with E-state index >= 15 is 0 Å². The van der Waals surface area contributed by atoms with Gasteiger partial charge in [-0.3, -0.25) is 4.68 Å². The second kappa shape index (κ2) is 7.10. The third-order valence-corrected chi connectivity index (χ3v) is 3.34. The summed E-state index contributed by atoms with van der Waals surface area (Å²) >= 11 is 0. The summed E-state index contributed by atoms with van der Waals surface area (Å²) in [5.41, 5.74) is 1.28. The number of nitrogens with zero attached hydrogens (tertiary/aromatic N) is 2. The van der Waals surface area contributed by atoms with E-state index in [1.807, 2.05) is 30.1 Å². The average molecular weight is 273 g/mol. The van der Waals surface area contributed by atoms with Crippen molar-refractivity contribution < 1.29 is 4.74 Å². The van der Waals surface area contributed by atoms with Gasteiger partial charge in [0.25, 0.3) is 0 Å². The van der Waals surface area contributed by atoms with Crippen LogP contribution in [0.1, 0.15) is 38.3 Å². The fourth-order valence-electron chi connectivity index (χ4n) is 2.26. The predicted octanol–water partition coefficient (Wildman–Crippen LogP) is 3.76. The third kappa shape index (κ3) is 3.61. The molecule has 0 fully saturated rings. The summed E-state index contributed by atoms with van der Waals surface area (Å²) in [6.45, 7) is 5.23. The number of hydrogen-bond acceptors (Lipinski definition) is 3. The summed E-state index contributed by atoms with van der Waals surface area (Å²) in [5, 5.41) is 7.56. The molecule has 108 valence electrons. The largest absolute Gasteiger partial charge is 0.454 e. The molecule has 0 amide bonds. The Morgan fingerprint density at radius 2 is 1.95 bits per heavy atom. The zero-order chi connectivity index (χ0) is 14.4. The van der Waals surface area contributed by atoms with E-state index in [2.05, 4.69) is 36.4 Å². The van der Waals surface area contributed by atoms with Gasteiger partial charge in [-0.05, 0) is 37.6 Å². The fraction of sp³-hybridized carbons (Fsp3) is 0.438. The van der Waals surface area contributed by atoms with Crippen LogP contribution in [0, 0.1) is 0 Å². The van der Waals surface area contributed by atoms with Gasteiger partial charge in [-0.1, -0.05) is 26.0 Å². The number of ether oxygens (including phenoxy) is 1. The van der Waals surface area contributed by atoms with Crippen molar-refractivity contribution in [2.45, 2.75) is 39.3 Å². The van der Waals surface area contributed by atoms with Gasteiger partial charge in [0.2, 0.25) is 0 Å². The lowest BCUT2D eigenvalue weighted by molar-refractivity contribution is 0.479. The maximum atomic E-state index is 5.80. The number of aryl methyl sites for hydroxylation is 1. The molecule has 0 aliphatic carbocycles. The first-order chi connectivity index (χ1) is 9.76. The first-order valence-corrected chi connectivity index (χ1v) is 7.24. The van der Waals surface area contributed by atoms with Crippen molar-refractivity contribution in [3.63, 3.8) is 0 Å². The monoisotopic (exact) mass is 273 g/mol. The molecular weight excluding hydrogens is 250 g/mol. The molecule has 1 aromatic carbocycles. The summed E-state index contributed by atoms with van der Waals surface area (Å²) in [6, 6.07) is 8.63. The Bertz CT molecular complexity index is 515. The molecule has 2 aromatic rings. The molecule has 1 N–H and O–H groups in total. The minimum atomic E-state index is 0.399. The highest BCUT2D eigenvalue weighted by molar-refractivity contribution is 5.32. The molecule has 0 aliphatic rings. The van der Waals surface area contributed by atoms with Gasteiger partial charge >= 0.3 is 0 Å². The predicted molar refractivity (Wildman–Crippen MR) is 81.1 cm³/mol. The second-order valence-corrected chi connectivity index (χ2v) is 4.86. The number of nitrogens with one attached hydrogen (secondary N) is 1. The molecule has 1 heterocycles. The van der Waals surface area contributed by atoms with Crippen molar-refractivity contribution in [3.05, 3.63) is 42.2 Å². The molecule has 0 saturated carbocycles. The highest BCUT2D eigenvalue weighted by Gasteiger charge is 2.07. The van der Waals surface area contributed by atoms with Crippen LogP contribution < -0.4 is 10.1 Å². The third-order valence-electron chi connectivity index (χ3n) is 3.34. The molecule has 4 heteroatoms. The van der Waals surface area contributed by atoms with E-state index in [0.717, 1.165) is 30.9 Å². The molecule has 0 bridgehead atoms. The van der Waals surface area contributed by atoms with E-state index in [1.165, 1.54) is 5.56 Å². The number of rotatable bonds is 7. The zero-order valence-corrected chi connectivity index (χ0v) is 12.5. The van der Waals surface area contributed by atoms with Crippen molar-refractivity contribution in [1.29, 1.82) is 0 Å². The average Bonchev–Trinajstić information content (AvgIpc) is 2.90. The second-order valence-electron chi connectivity index (χ2n) is 4.86. The van der Waals surface area contributed by atoms with Crippen molar-refractivity contribution >= 4 is 0 Å². The van der Waals surface area contributed by atoms with E-state index in [-0.39, 0.29) is 0 Å². The Hall–Kier alpha value is -1.81. The summed E-state index contributed by atoms with van der Waals surface area (Å²) in [7, 11) is 1.99. The Morgan fingerprint density at radius 1 is 1.20 bits per heavy atom. The normalized spacial score (nSPS) is 12.3. The van der Waals surface area contributed by atoms with Gasteiger partial charge in [-0.15, -0.1) is 0 Å². The molecule has 20 heavy (non-hydrogen) atoms. The molecule has 0 spiro atoms. The van der Waals surface area contributed by atoms with Crippen molar-refractivity contribution in [1.82, 2.24) is 15.1 Å². The highest BCUT2D eigenvalue weighted by Crippen LogP contribution is 2.24. The standard InChI is InChI=1S/C16H23N3O/c1-4-10-19-12-15(11-18-19)20-14-8-6-13(7-9-14)16(5-2)17-3/h6-9,11-12,16-17H,4-5,10H2,1-3H3. The smallest absolute Gasteiger partial charge is 0.165 e. The molecule has 1 aromatic heterocycles. The van der Waals surface area contributed by atoms with Gasteiger partial charge in [0.15, 0.2) is 5.75 Å². The molecule has 0 saturated heterocycles. The van der Waals surface area contributed by atoms with Crippen LogP contribution >= 0.6 is 0 Å². The molecular formula is C16H23N3O. The fourth-order valence-corrected chi connectivity index (χ4v) is 2.26. The minimum Gasteiger partial charge on any atom is -0.454 e. The van der Waals surface area contributed by atoms with Gasteiger partial charge in [-0.2, -0.15) is 5.10 Å². The minimum absolute atomic E-state index is 0.399. The lowest BCUT2D eigenvalue weighted by atomic mass is 10.1. The molecule has 1 unspecified atom stereocenters. The first-order valence-electron chi connectivity index (χ1n) is 7.24. The van der Waals surface area contributed by atoms with Gasteiger partial charge in [-0.25, -0.2) is 0 Å². The van der Waals surface area contributed by atoms with E-state index in [9.17, 15) is 0 Å². The van der Waals surface area contributed by atoms with E-state index in [0.29, 0.717) is 6.04 Å². The van der Waals surface area contributed by atoms with E-state index in [4.69, 9.17) is 4.74 Å². The first kappa shape index (κ1) is 14.6. The highest BCUT2D eigenvalue weighted by atomic mass is 16.5. The zero-order valence-electron chi connectivity index (χ0n) is 12.5.